The van der Waals surface area contributed by atoms with Crippen LogP contribution >= 0.6 is 0 Å². The Morgan fingerprint density at radius 3 is 2.53 bits per heavy atom. The van der Waals surface area contributed by atoms with E-state index in [9.17, 15) is 14.3 Å². The molecule has 2 aromatic heterocycles. The number of phenols is 1. The average Bonchev–Trinajstić information content (AvgIpc) is 3.73. The topological polar surface area (TPSA) is 107 Å². The lowest BCUT2D eigenvalue weighted by Gasteiger charge is -2.48. The predicted octanol–water partition coefficient (Wildman–Crippen LogP) is 3.87. The third kappa shape index (κ3) is 4.96. The lowest BCUT2D eigenvalue weighted by Crippen LogP contribution is -2.58. The van der Waals surface area contributed by atoms with Gasteiger partial charge in [-0.25, -0.2) is 4.39 Å². The van der Waals surface area contributed by atoms with Crippen LogP contribution in [0.3, 0.4) is 0 Å². The highest BCUT2D eigenvalue weighted by molar-refractivity contribution is 6.02. The molecular formula is C33H35FN6O3. The molecule has 43 heavy (non-hydrogen) atoms. The second kappa shape index (κ2) is 10.2. The van der Waals surface area contributed by atoms with Gasteiger partial charge in [0.15, 0.2) is 0 Å². The number of aromatic nitrogens is 3. The molecule has 0 amide bonds. The molecule has 2 aliphatic heterocycles. The number of H-pyrrole nitrogens is 1. The highest BCUT2D eigenvalue weighted by Gasteiger charge is 2.44. The first-order valence-electron chi connectivity index (χ1n) is 14.8. The third-order valence-electron chi connectivity index (χ3n) is 9.38. The molecule has 7 rings (SSSR count). The molecule has 3 N–H and O–H groups in total. The maximum absolute atomic E-state index is 14.8. The minimum absolute atomic E-state index is 0.0335. The number of nitrogens with one attached hydrogen (secondary N) is 2. The smallest absolute Gasteiger partial charge is 0.318 e. The molecule has 9 nitrogen and oxygen atoms in total. The van der Waals surface area contributed by atoms with Crippen LogP contribution in [0.5, 0.6) is 11.8 Å². The molecule has 2 aromatic carbocycles. The van der Waals surface area contributed by atoms with E-state index in [-0.39, 0.29) is 28.3 Å². The van der Waals surface area contributed by atoms with Crippen LogP contribution in [0.25, 0.3) is 32.9 Å². The van der Waals surface area contributed by atoms with E-state index in [1.54, 1.807) is 12.1 Å². The van der Waals surface area contributed by atoms with Crippen LogP contribution in [-0.2, 0) is 0 Å². The number of halogens is 1. The van der Waals surface area contributed by atoms with E-state index < -0.39 is 5.82 Å². The van der Waals surface area contributed by atoms with Crippen molar-refractivity contribution in [2.75, 3.05) is 58.3 Å². The van der Waals surface area contributed by atoms with Crippen molar-refractivity contribution in [1.29, 1.82) is 0 Å². The minimum Gasteiger partial charge on any atom is -0.508 e. The SMILES string of the molecule is C#Cc1c(F)ccc2cc(O)cc(-c3cc4nc(OCC5(CN(C)C)CC5)nc(N5CCC6(CC5)CNC6)c4c(=O)[nH]3)c12. The van der Waals surface area contributed by atoms with E-state index in [0.717, 1.165) is 58.4 Å². The van der Waals surface area contributed by atoms with E-state index >= 15 is 0 Å². The van der Waals surface area contributed by atoms with Gasteiger partial charge in [0.25, 0.3) is 5.56 Å². The summed E-state index contributed by atoms with van der Waals surface area (Å²) in [5.74, 6) is 2.41. The fraction of sp³-hybridized carbons (Fsp3) is 0.424. The Morgan fingerprint density at radius 1 is 1.12 bits per heavy atom. The standard InChI is InChI=1S/C33H35FN6O3/c1-4-22-24(34)6-5-20-13-21(41)14-23(27(20)22)25-15-26-28(30(42)36-25)29(40-11-9-32(10-12-40)16-35-17-32)38-31(37-26)43-19-33(7-8-33)18-39(2)3/h1,5-6,13-15,35,41H,7-12,16-19H2,2-3H3,(H,36,42). The van der Waals surface area contributed by atoms with Crippen molar-refractivity contribution < 1.29 is 14.2 Å². The predicted molar refractivity (Wildman–Crippen MR) is 165 cm³/mol. The summed E-state index contributed by atoms with van der Waals surface area (Å²) >= 11 is 0. The second-order valence-electron chi connectivity index (χ2n) is 12.9. The van der Waals surface area contributed by atoms with Gasteiger partial charge in [-0.05, 0) is 74.8 Å². The number of aromatic amines is 1. The summed E-state index contributed by atoms with van der Waals surface area (Å²) in [7, 11) is 4.11. The van der Waals surface area contributed by atoms with Crippen LogP contribution in [-0.4, -0.2) is 78.4 Å². The molecule has 1 spiro atoms. The maximum Gasteiger partial charge on any atom is 0.318 e. The fourth-order valence-corrected chi connectivity index (χ4v) is 6.78. The van der Waals surface area contributed by atoms with Crippen LogP contribution in [0.2, 0.25) is 0 Å². The first-order chi connectivity index (χ1) is 20.7. The van der Waals surface area contributed by atoms with E-state index in [1.807, 2.05) is 0 Å². The molecule has 0 bridgehead atoms. The van der Waals surface area contributed by atoms with Gasteiger partial charge >= 0.3 is 6.01 Å². The van der Waals surface area contributed by atoms with Crippen LogP contribution in [0, 0.1) is 29.0 Å². The number of hydrogen-bond donors (Lipinski definition) is 3. The van der Waals surface area contributed by atoms with Crippen molar-refractivity contribution in [2.24, 2.45) is 10.8 Å². The Labute approximate surface area is 249 Å². The molecule has 4 heterocycles. The molecule has 0 atom stereocenters. The lowest BCUT2D eigenvalue weighted by atomic mass is 9.73. The zero-order valence-electron chi connectivity index (χ0n) is 24.5. The number of anilines is 1. The van der Waals surface area contributed by atoms with Gasteiger partial charge in [0, 0.05) is 49.1 Å². The van der Waals surface area contributed by atoms with Crippen molar-refractivity contribution in [2.45, 2.75) is 25.7 Å². The summed E-state index contributed by atoms with van der Waals surface area (Å²) in [6.07, 6.45) is 9.89. The number of phenolic OH excluding ortho intramolecular Hbond substituents is 1. The first kappa shape index (κ1) is 27.6. The van der Waals surface area contributed by atoms with Crippen molar-refractivity contribution >= 4 is 27.5 Å². The summed E-state index contributed by atoms with van der Waals surface area (Å²) in [5, 5.41) is 15.3. The van der Waals surface area contributed by atoms with Crippen LogP contribution in [0.15, 0.2) is 35.1 Å². The molecular weight excluding hydrogens is 547 g/mol. The molecule has 222 valence electrons. The van der Waals surface area contributed by atoms with Gasteiger partial charge in [-0.1, -0.05) is 12.0 Å². The molecule has 1 aliphatic carbocycles. The number of fused-ring (bicyclic) bond motifs is 2. The molecule has 3 fully saturated rings. The number of aromatic hydroxyl groups is 1. The number of ether oxygens (including phenoxy) is 1. The Kier molecular flexibility index (Phi) is 6.56. The maximum atomic E-state index is 14.8. The Balaban J connectivity index is 1.35. The Hall–Kier alpha value is -4.20. The van der Waals surface area contributed by atoms with Gasteiger partial charge in [0.1, 0.15) is 22.8 Å². The van der Waals surface area contributed by atoms with Gasteiger partial charge in [-0.15, -0.1) is 6.42 Å². The second-order valence-corrected chi connectivity index (χ2v) is 12.9. The largest absolute Gasteiger partial charge is 0.508 e. The van der Waals surface area contributed by atoms with Crippen molar-refractivity contribution in [3.05, 3.63) is 52.1 Å². The molecule has 3 aliphatic rings. The Morgan fingerprint density at radius 2 is 1.88 bits per heavy atom. The lowest BCUT2D eigenvalue weighted by molar-refractivity contribution is 0.126. The average molecular weight is 583 g/mol. The van der Waals surface area contributed by atoms with Crippen LogP contribution in [0.1, 0.15) is 31.2 Å². The number of rotatable bonds is 7. The molecule has 2 saturated heterocycles. The number of terminal acetylenes is 1. The van der Waals surface area contributed by atoms with Crippen LogP contribution < -0.4 is 20.5 Å². The van der Waals surface area contributed by atoms with Gasteiger partial charge < -0.3 is 29.9 Å². The number of piperidine rings is 1. The van der Waals surface area contributed by atoms with E-state index in [2.05, 4.69) is 40.1 Å². The zero-order chi connectivity index (χ0) is 29.9. The number of nitrogens with zero attached hydrogens (tertiary/aromatic N) is 4. The van der Waals surface area contributed by atoms with Crippen molar-refractivity contribution in [3.63, 3.8) is 0 Å². The summed E-state index contributed by atoms with van der Waals surface area (Å²) in [6, 6.07) is 7.80. The van der Waals surface area contributed by atoms with Crippen molar-refractivity contribution in [3.8, 4) is 35.4 Å². The summed E-state index contributed by atoms with van der Waals surface area (Å²) in [5.41, 5.74) is 1.27. The van der Waals surface area contributed by atoms with Crippen molar-refractivity contribution in [1.82, 2.24) is 25.2 Å². The fourth-order valence-electron chi connectivity index (χ4n) is 6.78. The minimum atomic E-state index is -0.554. The quantitative estimate of drug-likeness (QED) is 0.282. The van der Waals surface area contributed by atoms with Crippen LogP contribution in [0.4, 0.5) is 10.2 Å². The van der Waals surface area contributed by atoms with Gasteiger partial charge in [-0.3, -0.25) is 4.79 Å². The monoisotopic (exact) mass is 582 g/mol. The summed E-state index contributed by atoms with van der Waals surface area (Å²) < 4.78 is 21.0. The number of hydrogen-bond acceptors (Lipinski definition) is 8. The Bertz CT molecular complexity index is 1840. The van der Waals surface area contributed by atoms with Gasteiger partial charge in [0.2, 0.25) is 0 Å². The summed E-state index contributed by atoms with van der Waals surface area (Å²) in [4.78, 5) is 30.7. The van der Waals surface area contributed by atoms with E-state index in [1.165, 1.54) is 18.2 Å². The molecule has 1 saturated carbocycles. The van der Waals surface area contributed by atoms with Gasteiger partial charge in [-0.2, -0.15) is 9.97 Å². The number of pyridine rings is 1. The number of benzene rings is 2. The first-order valence-corrected chi connectivity index (χ1v) is 14.8. The highest BCUT2D eigenvalue weighted by atomic mass is 19.1. The third-order valence-corrected chi connectivity index (χ3v) is 9.38. The molecule has 4 aromatic rings. The highest BCUT2D eigenvalue weighted by Crippen LogP contribution is 2.46. The molecule has 0 radical (unpaired) electrons. The van der Waals surface area contributed by atoms with E-state index in [0.29, 0.717) is 50.8 Å². The molecule has 10 heteroatoms. The zero-order valence-corrected chi connectivity index (χ0v) is 24.5. The van der Waals surface area contributed by atoms with Gasteiger partial charge in [0.05, 0.1) is 23.4 Å². The normalized spacial score (nSPS) is 18.6. The summed E-state index contributed by atoms with van der Waals surface area (Å²) in [6.45, 7) is 5.01. The molecule has 0 unspecified atom stereocenters. The van der Waals surface area contributed by atoms with E-state index in [4.69, 9.17) is 21.1 Å².